The van der Waals surface area contributed by atoms with E-state index in [0.717, 1.165) is 36.7 Å². The van der Waals surface area contributed by atoms with Crippen molar-refractivity contribution in [1.29, 1.82) is 0 Å². The highest BCUT2D eigenvalue weighted by Gasteiger charge is 2.29. The van der Waals surface area contributed by atoms with E-state index in [2.05, 4.69) is 32.6 Å². The summed E-state index contributed by atoms with van der Waals surface area (Å²) >= 11 is 0. The van der Waals surface area contributed by atoms with E-state index < -0.39 is 0 Å². The SMILES string of the molecule is CCN1CCC[C@@H]1CN(Cc1ccc2c(c1)OCO2)C(=O)CC(C)(C)C. The van der Waals surface area contributed by atoms with E-state index in [9.17, 15) is 4.79 Å². The van der Waals surface area contributed by atoms with Crippen LogP contribution in [-0.4, -0.2) is 48.2 Å². The van der Waals surface area contributed by atoms with Crippen molar-refractivity contribution >= 4 is 5.91 Å². The number of hydrogen-bond donors (Lipinski definition) is 0. The van der Waals surface area contributed by atoms with Crippen molar-refractivity contribution in [2.24, 2.45) is 5.41 Å². The van der Waals surface area contributed by atoms with Crippen molar-refractivity contribution in [1.82, 2.24) is 9.80 Å². The molecule has 26 heavy (non-hydrogen) atoms. The Balaban J connectivity index is 1.74. The molecular formula is C21H32N2O3. The number of amides is 1. The lowest BCUT2D eigenvalue weighted by molar-refractivity contribution is -0.134. The standard InChI is InChI=1S/C21H32N2O3/c1-5-22-10-6-7-17(22)14-23(20(24)12-21(2,3)4)13-16-8-9-18-19(11-16)26-15-25-18/h8-9,11,17H,5-7,10,12-15H2,1-4H3/t17-/m1/s1. The van der Waals surface area contributed by atoms with Crippen molar-refractivity contribution in [3.8, 4) is 11.5 Å². The number of fused-ring (bicyclic) bond motifs is 1. The molecule has 2 aliphatic heterocycles. The quantitative estimate of drug-likeness (QED) is 0.776. The van der Waals surface area contributed by atoms with E-state index in [0.29, 0.717) is 19.0 Å². The van der Waals surface area contributed by atoms with Crippen LogP contribution in [0.1, 0.15) is 52.5 Å². The van der Waals surface area contributed by atoms with E-state index in [1.807, 2.05) is 23.1 Å². The molecule has 1 aromatic carbocycles. The van der Waals surface area contributed by atoms with Gasteiger partial charge in [0, 0.05) is 25.6 Å². The second-order valence-corrected chi connectivity index (χ2v) is 8.62. The molecule has 0 N–H and O–H groups in total. The van der Waals surface area contributed by atoms with Crippen LogP contribution >= 0.6 is 0 Å². The Labute approximate surface area is 157 Å². The van der Waals surface area contributed by atoms with Gasteiger partial charge >= 0.3 is 0 Å². The van der Waals surface area contributed by atoms with Gasteiger partial charge in [0.1, 0.15) is 0 Å². The van der Waals surface area contributed by atoms with E-state index in [4.69, 9.17) is 9.47 Å². The summed E-state index contributed by atoms with van der Waals surface area (Å²) in [6.45, 7) is 12.5. The van der Waals surface area contributed by atoms with Gasteiger partial charge in [0.2, 0.25) is 12.7 Å². The fourth-order valence-corrected chi connectivity index (χ4v) is 3.85. The summed E-state index contributed by atoms with van der Waals surface area (Å²) in [5.41, 5.74) is 1.09. The largest absolute Gasteiger partial charge is 0.454 e. The smallest absolute Gasteiger partial charge is 0.231 e. The molecule has 1 amide bonds. The molecular weight excluding hydrogens is 328 g/mol. The number of benzene rings is 1. The van der Waals surface area contributed by atoms with Crippen LogP contribution in [0.5, 0.6) is 11.5 Å². The lowest BCUT2D eigenvalue weighted by atomic mass is 9.91. The first-order chi connectivity index (χ1) is 12.4. The molecule has 1 atom stereocenters. The Hall–Kier alpha value is -1.75. The fraction of sp³-hybridized carbons (Fsp3) is 0.667. The summed E-state index contributed by atoms with van der Waals surface area (Å²) in [5, 5.41) is 0. The van der Waals surface area contributed by atoms with Crippen molar-refractivity contribution in [2.75, 3.05) is 26.4 Å². The number of hydrogen-bond acceptors (Lipinski definition) is 4. The van der Waals surface area contributed by atoms with Crippen molar-refractivity contribution in [3.05, 3.63) is 23.8 Å². The molecule has 2 aliphatic rings. The Morgan fingerprint density at radius 3 is 2.77 bits per heavy atom. The van der Waals surface area contributed by atoms with Gasteiger partial charge in [-0.2, -0.15) is 0 Å². The second kappa shape index (κ2) is 7.87. The van der Waals surface area contributed by atoms with Gasteiger partial charge in [-0.1, -0.05) is 33.8 Å². The topological polar surface area (TPSA) is 42.0 Å². The first kappa shape index (κ1) is 19.0. The summed E-state index contributed by atoms with van der Waals surface area (Å²) in [6.07, 6.45) is 2.97. The maximum Gasteiger partial charge on any atom is 0.231 e. The monoisotopic (exact) mass is 360 g/mol. The number of likely N-dealkylation sites (N-methyl/N-ethyl adjacent to an activating group) is 1. The third-order valence-corrected chi connectivity index (χ3v) is 5.18. The van der Waals surface area contributed by atoms with Gasteiger partial charge in [-0.25, -0.2) is 0 Å². The molecule has 1 saturated heterocycles. The predicted octanol–water partition coefficient (Wildman–Crippen LogP) is 3.66. The minimum Gasteiger partial charge on any atom is -0.454 e. The summed E-state index contributed by atoms with van der Waals surface area (Å²) in [5.74, 6) is 1.80. The lowest BCUT2D eigenvalue weighted by Gasteiger charge is -2.32. The molecule has 144 valence electrons. The molecule has 5 nitrogen and oxygen atoms in total. The fourth-order valence-electron chi connectivity index (χ4n) is 3.85. The first-order valence-electron chi connectivity index (χ1n) is 9.76. The van der Waals surface area contributed by atoms with Crippen LogP contribution in [0.3, 0.4) is 0 Å². The van der Waals surface area contributed by atoms with Crippen LogP contribution in [0.2, 0.25) is 0 Å². The van der Waals surface area contributed by atoms with Gasteiger partial charge in [-0.3, -0.25) is 9.69 Å². The summed E-state index contributed by atoms with van der Waals surface area (Å²) in [4.78, 5) is 17.6. The maximum absolute atomic E-state index is 13.0. The van der Waals surface area contributed by atoms with E-state index in [1.165, 1.54) is 12.8 Å². The molecule has 0 bridgehead atoms. The van der Waals surface area contributed by atoms with Gasteiger partial charge in [-0.05, 0) is 49.0 Å². The number of ether oxygens (including phenoxy) is 2. The molecule has 0 aromatic heterocycles. The number of nitrogens with zero attached hydrogens (tertiary/aromatic N) is 2. The molecule has 0 saturated carbocycles. The Kier molecular flexibility index (Phi) is 5.76. The molecule has 1 aromatic rings. The zero-order chi connectivity index (χ0) is 18.7. The van der Waals surface area contributed by atoms with Crippen LogP contribution in [0.25, 0.3) is 0 Å². The lowest BCUT2D eigenvalue weighted by Crippen LogP contribution is -2.43. The Morgan fingerprint density at radius 1 is 1.27 bits per heavy atom. The van der Waals surface area contributed by atoms with Gasteiger partial charge in [0.05, 0.1) is 0 Å². The van der Waals surface area contributed by atoms with E-state index >= 15 is 0 Å². The highest BCUT2D eigenvalue weighted by molar-refractivity contribution is 5.77. The molecule has 1 fully saturated rings. The van der Waals surface area contributed by atoms with Gasteiger partial charge in [0.15, 0.2) is 11.5 Å². The average Bonchev–Trinajstić information content (AvgIpc) is 3.20. The number of carbonyl (C=O) groups excluding carboxylic acids is 1. The minimum absolute atomic E-state index is 0.00958. The second-order valence-electron chi connectivity index (χ2n) is 8.62. The van der Waals surface area contributed by atoms with Crippen molar-refractivity contribution in [2.45, 2.75) is 59.5 Å². The highest BCUT2D eigenvalue weighted by atomic mass is 16.7. The van der Waals surface area contributed by atoms with Crippen LogP contribution < -0.4 is 9.47 Å². The van der Waals surface area contributed by atoms with Crippen LogP contribution in [0.15, 0.2) is 18.2 Å². The summed E-state index contributed by atoms with van der Waals surface area (Å²) in [7, 11) is 0. The first-order valence-corrected chi connectivity index (χ1v) is 9.76. The van der Waals surface area contributed by atoms with E-state index in [-0.39, 0.29) is 18.1 Å². The van der Waals surface area contributed by atoms with Crippen molar-refractivity contribution < 1.29 is 14.3 Å². The zero-order valence-electron chi connectivity index (χ0n) is 16.6. The average molecular weight is 360 g/mol. The molecule has 2 heterocycles. The number of carbonyl (C=O) groups is 1. The number of likely N-dealkylation sites (tertiary alicyclic amines) is 1. The molecule has 0 spiro atoms. The minimum atomic E-state index is -0.00958. The van der Waals surface area contributed by atoms with Gasteiger partial charge in [0.25, 0.3) is 0 Å². The normalized spacial score (nSPS) is 19.8. The van der Waals surface area contributed by atoms with Gasteiger partial charge < -0.3 is 14.4 Å². The number of rotatable bonds is 6. The summed E-state index contributed by atoms with van der Waals surface area (Å²) in [6, 6.07) is 6.46. The molecule has 3 rings (SSSR count). The van der Waals surface area contributed by atoms with Crippen LogP contribution in [-0.2, 0) is 11.3 Å². The highest BCUT2D eigenvalue weighted by Crippen LogP contribution is 2.33. The Bertz CT molecular complexity index is 639. The predicted molar refractivity (Wildman–Crippen MR) is 102 cm³/mol. The van der Waals surface area contributed by atoms with Crippen LogP contribution in [0, 0.1) is 5.41 Å². The Morgan fingerprint density at radius 2 is 2.04 bits per heavy atom. The third-order valence-electron chi connectivity index (χ3n) is 5.18. The molecule has 0 radical (unpaired) electrons. The third kappa shape index (κ3) is 4.70. The maximum atomic E-state index is 13.0. The molecule has 5 heteroatoms. The van der Waals surface area contributed by atoms with Crippen LogP contribution in [0.4, 0.5) is 0 Å². The van der Waals surface area contributed by atoms with Crippen molar-refractivity contribution in [3.63, 3.8) is 0 Å². The van der Waals surface area contributed by atoms with Gasteiger partial charge in [-0.15, -0.1) is 0 Å². The summed E-state index contributed by atoms with van der Waals surface area (Å²) < 4.78 is 10.9. The molecule has 0 unspecified atom stereocenters. The van der Waals surface area contributed by atoms with E-state index in [1.54, 1.807) is 0 Å². The molecule has 0 aliphatic carbocycles. The zero-order valence-corrected chi connectivity index (χ0v) is 16.6.